The second-order valence-corrected chi connectivity index (χ2v) is 7.79. The van der Waals surface area contributed by atoms with Crippen molar-refractivity contribution in [2.45, 2.75) is 25.7 Å². The Labute approximate surface area is 166 Å². The number of aromatic nitrogens is 3. The van der Waals surface area contributed by atoms with Crippen molar-refractivity contribution >= 4 is 23.2 Å². The maximum atomic E-state index is 12.9. The molecule has 1 atom stereocenters. The Balaban J connectivity index is 1.50. The number of nitrogens with zero attached hydrogens (tertiary/aromatic N) is 4. The van der Waals surface area contributed by atoms with Crippen molar-refractivity contribution in [3.8, 4) is 5.69 Å². The summed E-state index contributed by atoms with van der Waals surface area (Å²) in [6.07, 6.45) is 5.18. The van der Waals surface area contributed by atoms with Crippen molar-refractivity contribution in [1.82, 2.24) is 19.7 Å². The van der Waals surface area contributed by atoms with Crippen LogP contribution in [0.25, 0.3) is 5.69 Å². The number of hydrogen-bond acceptors (Lipinski definition) is 5. The van der Waals surface area contributed by atoms with Gasteiger partial charge in [0.1, 0.15) is 5.56 Å². The van der Waals surface area contributed by atoms with Crippen LogP contribution in [0.2, 0.25) is 0 Å². The zero-order valence-corrected chi connectivity index (χ0v) is 16.2. The quantitative estimate of drug-likeness (QED) is 0.731. The van der Waals surface area contributed by atoms with Crippen LogP contribution in [0.15, 0.2) is 42.0 Å². The number of rotatable bonds is 4. The minimum Gasteiger partial charge on any atom is -0.478 e. The molecular weight excluding hydrogens is 376 g/mol. The van der Waals surface area contributed by atoms with Gasteiger partial charge in [-0.15, -0.1) is 11.3 Å². The van der Waals surface area contributed by atoms with Crippen molar-refractivity contribution in [2.24, 2.45) is 0 Å². The highest BCUT2D eigenvalue weighted by molar-refractivity contribution is 7.09. The number of aromatic carboxylic acids is 1. The molecule has 8 heteroatoms. The van der Waals surface area contributed by atoms with Crippen LogP contribution in [0.3, 0.4) is 0 Å². The van der Waals surface area contributed by atoms with Crippen molar-refractivity contribution < 1.29 is 14.7 Å². The molecular formula is C20H20N4O3S. The highest BCUT2D eigenvalue weighted by Gasteiger charge is 2.27. The SMILES string of the molecule is Cc1c(C(=O)O)cnn1-c1ccc(C(=O)N2CCC[C@H](c3nccs3)C2)cc1. The first-order valence-electron chi connectivity index (χ1n) is 9.11. The number of carbonyl (C=O) groups excluding carboxylic acids is 1. The predicted octanol–water partition coefficient (Wildman–Crippen LogP) is 3.36. The van der Waals surface area contributed by atoms with Crippen LogP contribution in [0, 0.1) is 6.92 Å². The van der Waals surface area contributed by atoms with Gasteiger partial charge in [0.25, 0.3) is 5.91 Å². The van der Waals surface area contributed by atoms with Gasteiger partial charge in [0.15, 0.2) is 0 Å². The van der Waals surface area contributed by atoms with Crippen molar-refractivity contribution in [1.29, 1.82) is 0 Å². The molecule has 1 fully saturated rings. The highest BCUT2D eigenvalue weighted by Crippen LogP contribution is 2.29. The molecule has 3 heterocycles. The molecule has 3 aromatic rings. The lowest BCUT2D eigenvalue weighted by atomic mass is 9.98. The topological polar surface area (TPSA) is 88.3 Å². The van der Waals surface area contributed by atoms with Gasteiger partial charge in [0.2, 0.25) is 0 Å². The first-order chi connectivity index (χ1) is 13.5. The summed E-state index contributed by atoms with van der Waals surface area (Å²) < 4.78 is 1.57. The second-order valence-electron chi connectivity index (χ2n) is 6.87. The fraction of sp³-hybridized carbons (Fsp3) is 0.300. The Morgan fingerprint density at radius 3 is 2.68 bits per heavy atom. The van der Waals surface area contributed by atoms with E-state index < -0.39 is 5.97 Å². The first-order valence-corrected chi connectivity index (χ1v) is 9.99. The van der Waals surface area contributed by atoms with Crippen LogP contribution in [-0.4, -0.2) is 49.7 Å². The van der Waals surface area contributed by atoms with Crippen molar-refractivity contribution in [3.05, 3.63) is 63.9 Å². The summed E-state index contributed by atoms with van der Waals surface area (Å²) in [5, 5.41) is 16.4. The average molecular weight is 396 g/mol. The molecule has 1 aliphatic heterocycles. The number of likely N-dealkylation sites (tertiary alicyclic amines) is 1. The molecule has 1 N–H and O–H groups in total. The van der Waals surface area contributed by atoms with E-state index in [1.54, 1.807) is 47.2 Å². The Morgan fingerprint density at radius 1 is 1.25 bits per heavy atom. The predicted molar refractivity (Wildman–Crippen MR) is 105 cm³/mol. The van der Waals surface area contributed by atoms with E-state index in [0.717, 1.165) is 30.1 Å². The molecule has 0 unspecified atom stereocenters. The monoisotopic (exact) mass is 396 g/mol. The van der Waals surface area contributed by atoms with E-state index in [9.17, 15) is 9.59 Å². The summed E-state index contributed by atoms with van der Waals surface area (Å²) in [6, 6.07) is 7.13. The Hall–Kier alpha value is -3.00. The second kappa shape index (κ2) is 7.55. The van der Waals surface area contributed by atoms with E-state index in [-0.39, 0.29) is 11.5 Å². The van der Waals surface area contributed by atoms with Gasteiger partial charge in [-0.1, -0.05) is 0 Å². The lowest BCUT2D eigenvalue weighted by Gasteiger charge is -2.32. The van der Waals surface area contributed by atoms with Crippen LogP contribution >= 0.6 is 11.3 Å². The summed E-state index contributed by atoms with van der Waals surface area (Å²) >= 11 is 1.64. The molecule has 0 radical (unpaired) electrons. The molecule has 0 bridgehead atoms. The maximum absolute atomic E-state index is 12.9. The molecule has 0 spiro atoms. The van der Waals surface area contributed by atoms with Gasteiger partial charge in [-0.3, -0.25) is 4.79 Å². The smallest absolute Gasteiger partial charge is 0.339 e. The molecule has 1 aliphatic rings. The number of piperidine rings is 1. The number of hydrogen-bond donors (Lipinski definition) is 1. The normalized spacial score (nSPS) is 16.9. The molecule has 0 aliphatic carbocycles. The molecule has 0 saturated carbocycles. The largest absolute Gasteiger partial charge is 0.478 e. The number of thiazole rings is 1. The fourth-order valence-corrected chi connectivity index (χ4v) is 4.37. The summed E-state index contributed by atoms with van der Waals surface area (Å²) in [7, 11) is 0. The van der Waals surface area contributed by atoms with E-state index in [2.05, 4.69) is 10.1 Å². The molecule has 4 rings (SSSR count). The molecule has 28 heavy (non-hydrogen) atoms. The minimum absolute atomic E-state index is 0.0104. The van der Waals surface area contributed by atoms with Crippen LogP contribution in [0.4, 0.5) is 0 Å². The third-order valence-corrected chi connectivity index (χ3v) is 6.05. The van der Waals surface area contributed by atoms with Crippen LogP contribution in [-0.2, 0) is 0 Å². The Kier molecular flexibility index (Phi) is 4.95. The van der Waals surface area contributed by atoms with Crippen molar-refractivity contribution in [3.63, 3.8) is 0 Å². The van der Waals surface area contributed by atoms with Gasteiger partial charge < -0.3 is 10.0 Å². The van der Waals surface area contributed by atoms with E-state index in [1.165, 1.54) is 6.20 Å². The number of carbonyl (C=O) groups is 2. The third-order valence-electron chi connectivity index (χ3n) is 5.11. The van der Waals surface area contributed by atoms with E-state index in [1.807, 2.05) is 16.5 Å². The lowest BCUT2D eigenvalue weighted by molar-refractivity contribution is 0.0691. The van der Waals surface area contributed by atoms with E-state index >= 15 is 0 Å². The molecule has 1 aromatic carbocycles. The molecule has 1 amide bonds. The summed E-state index contributed by atoms with van der Waals surface area (Å²) in [6.45, 7) is 3.15. The van der Waals surface area contributed by atoms with E-state index in [0.29, 0.717) is 23.7 Å². The van der Waals surface area contributed by atoms with Gasteiger partial charge >= 0.3 is 5.97 Å². The van der Waals surface area contributed by atoms with Gasteiger partial charge in [0.05, 0.1) is 22.6 Å². The zero-order chi connectivity index (χ0) is 19.7. The van der Waals surface area contributed by atoms with Crippen molar-refractivity contribution in [2.75, 3.05) is 13.1 Å². The minimum atomic E-state index is -1.00. The number of carboxylic acid groups (broad SMARTS) is 1. The summed E-state index contributed by atoms with van der Waals surface area (Å²) in [5.41, 5.74) is 2.06. The Bertz CT molecular complexity index is 995. The zero-order valence-electron chi connectivity index (χ0n) is 15.4. The average Bonchev–Trinajstić information content (AvgIpc) is 3.38. The number of carboxylic acids is 1. The number of amides is 1. The molecule has 7 nitrogen and oxygen atoms in total. The van der Waals surface area contributed by atoms with Gasteiger partial charge in [-0.05, 0) is 44.0 Å². The highest BCUT2D eigenvalue weighted by atomic mass is 32.1. The third kappa shape index (κ3) is 3.43. The first kappa shape index (κ1) is 18.4. The van der Waals surface area contributed by atoms with Crippen LogP contribution in [0.5, 0.6) is 0 Å². The standard InChI is InChI=1S/C20H20N4O3S/c1-13-17(20(26)27)11-22-24(13)16-6-4-14(5-7-16)19(25)23-9-2-3-15(12-23)18-21-8-10-28-18/h4-8,10-11,15H,2-3,9,12H2,1H3,(H,26,27)/t15-/m0/s1. The number of benzene rings is 1. The van der Waals surface area contributed by atoms with Crippen LogP contribution in [0.1, 0.15) is 50.2 Å². The lowest BCUT2D eigenvalue weighted by Crippen LogP contribution is -2.39. The van der Waals surface area contributed by atoms with Gasteiger partial charge in [-0.25, -0.2) is 14.5 Å². The maximum Gasteiger partial charge on any atom is 0.339 e. The summed E-state index contributed by atoms with van der Waals surface area (Å²) in [4.78, 5) is 30.4. The van der Waals surface area contributed by atoms with Crippen LogP contribution < -0.4 is 0 Å². The summed E-state index contributed by atoms with van der Waals surface area (Å²) in [5.74, 6) is -0.690. The van der Waals surface area contributed by atoms with E-state index in [4.69, 9.17) is 5.11 Å². The molecule has 144 valence electrons. The molecule has 2 aromatic heterocycles. The van der Waals surface area contributed by atoms with Gasteiger partial charge in [0, 0.05) is 36.1 Å². The molecule has 1 saturated heterocycles. The van der Waals surface area contributed by atoms with Gasteiger partial charge in [-0.2, -0.15) is 5.10 Å². The fourth-order valence-electron chi connectivity index (χ4n) is 3.61. The Morgan fingerprint density at radius 2 is 2.04 bits per heavy atom.